The molecule has 0 saturated heterocycles. The van der Waals surface area contributed by atoms with Crippen molar-refractivity contribution >= 4 is 34.2 Å². The molecule has 170 valence electrons. The highest BCUT2D eigenvalue weighted by Gasteiger charge is 2.27. The number of hydrogen-bond acceptors (Lipinski definition) is 3. The van der Waals surface area contributed by atoms with E-state index in [9.17, 15) is 14.4 Å². The molecule has 0 aliphatic heterocycles. The average Bonchev–Trinajstić information content (AvgIpc) is 3.62. The Hall–Kier alpha value is -3.67. The largest absolute Gasteiger partial charge is 0.349 e. The topological polar surface area (TPSA) is 87.3 Å². The summed E-state index contributed by atoms with van der Waals surface area (Å²) in [6.07, 6.45) is 2.15. The Morgan fingerprint density at radius 1 is 0.909 bits per heavy atom. The fourth-order valence-electron chi connectivity index (χ4n) is 3.87. The number of fused-ring (bicyclic) bond motifs is 1. The second kappa shape index (κ2) is 9.86. The lowest BCUT2D eigenvalue weighted by atomic mass is 10.00. The molecule has 6 heteroatoms. The molecule has 0 aromatic heterocycles. The van der Waals surface area contributed by atoms with Gasteiger partial charge in [0.15, 0.2) is 0 Å². The van der Waals surface area contributed by atoms with Gasteiger partial charge in [-0.2, -0.15) is 0 Å². The number of carbonyl (C=O) groups excluding carboxylic acids is 3. The molecule has 33 heavy (non-hydrogen) atoms. The summed E-state index contributed by atoms with van der Waals surface area (Å²) in [5, 5.41) is 10.8. The minimum absolute atomic E-state index is 0.131. The van der Waals surface area contributed by atoms with Gasteiger partial charge in [0.25, 0.3) is 5.91 Å². The van der Waals surface area contributed by atoms with E-state index in [2.05, 4.69) is 16.0 Å². The van der Waals surface area contributed by atoms with Crippen LogP contribution < -0.4 is 16.0 Å². The van der Waals surface area contributed by atoms with E-state index in [-0.39, 0.29) is 36.1 Å². The van der Waals surface area contributed by atoms with Gasteiger partial charge in [-0.05, 0) is 47.2 Å². The van der Waals surface area contributed by atoms with Crippen LogP contribution in [0, 0.1) is 5.92 Å². The molecule has 0 radical (unpaired) electrons. The molecule has 3 amide bonds. The van der Waals surface area contributed by atoms with Crippen LogP contribution in [0.2, 0.25) is 0 Å². The van der Waals surface area contributed by atoms with E-state index >= 15 is 0 Å². The van der Waals surface area contributed by atoms with E-state index < -0.39 is 6.04 Å². The second-order valence-corrected chi connectivity index (χ2v) is 8.89. The number of rotatable bonds is 8. The van der Waals surface area contributed by atoms with E-state index in [4.69, 9.17) is 0 Å². The van der Waals surface area contributed by atoms with E-state index in [0.717, 1.165) is 29.2 Å². The van der Waals surface area contributed by atoms with E-state index in [0.29, 0.717) is 11.3 Å². The van der Waals surface area contributed by atoms with Crippen molar-refractivity contribution in [1.29, 1.82) is 0 Å². The Balaban J connectivity index is 1.46. The number of para-hydroxylation sites is 1. The van der Waals surface area contributed by atoms with Crippen molar-refractivity contribution in [3.05, 3.63) is 77.9 Å². The average molecular weight is 444 g/mol. The van der Waals surface area contributed by atoms with Crippen molar-refractivity contribution in [2.45, 2.75) is 45.2 Å². The van der Waals surface area contributed by atoms with E-state index in [1.165, 1.54) is 0 Å². The Kier molecular flexibility index (Phi) is 6.73. The Bertz CT molecular complexity index is 1180. The van der Waals surface area contributed by atoms with Crippen LogP contribution in [0.4, 0.5) is 5.69 Å². The van der Waals surface area contributed by atoms with E-state index in [1.54, 1.807) is 24.3 Å². The summed E-state index contributed by atoms with van der Waals surface area (Å²) in [4.78, 5) is 38.5. The standard InChI is InChI=1S/C27H29N3O3/c1-17(2)25(30-24(31)16-19-10-7-9-18-8-3-4-11-21(18)19)27(33)29-23-13-6-5-12-22(23)26(32)28-20-14-15-20/h3-13,17,20,25H,14-16H2,1-2H3,(H,28,32)(H,29,33)(H,30,31)/t25-/m1/s1. The maximum atomic E-state index is 13.1. The van der Waals surface area contributed by atoms with Crippen molar-refractivity contribution in [2.75, 3.05) is 5.32 Å². The van der Waals surface area contributed by atoms with Crippen LogP contribution >= 0.6 is 0 Å². The molecule has 0 heterocycles. The van der Waals surface area contributed by atoms with Crippen molar-refractivity contribution in [2.24, 2.45) is 5.92 Å². The summed E-state index contributed by atoms with van der Waals surface area (Å²) in [6, 6.07) is 20.2. The predicted molar refractivity (Wildman–Crippen MR) is 130 cm³/mol. The molecule has 0 spiro atoms. The van der Waals surface area contributed by atoms with Crippen LogP contribution in [0.25, 0.3) is 10.8 Å². The summed E-state index contributed by atoms with van der Waals surface area (Å²) in [5.41, 5.74) is 1.77. The predicted octanol–water partition coefficient (Wildman–Crippen LogP) is 4.05. The molecule has 4 rings (SSSR count). The first-order valence-electron chi connectivity index (χ1n) is 11.4. The SMILES string of the molecule is CC(C)[C@@H](NC(=O)Cc1cccc2ccccc12)C(=O)Nc1ccccc1C(=O)NC1CC1. The number of hydrogen-bond donors (Lipinski definition) is 3. The summed E-state index contributed by atoms with van der Waals surface area (Å²) >= 11 is 0. The molecular weight excluding hydrogens is 414 g/mol. The van der Waals surface area contributed by atoms with Gasteiger partial charge in [0.2, 0.25) is 11.8 Å². The van der Waals surface area contributed by atoms with Crippen molar-refractivity contribution in [3.63, 3.8) is 0 Å². The summed E-state index contributed by atoms with van der Waals surface area (Å²) < 4.78 is 0. The highest BCUT2D eigenvalue weighted by Crippen LogP contribution is 2.22. The molecule has 1 saturated carbocycles. The monoisotopic (exact) mass is 443 g/mol. The smallest absolute Gasteiger partial charge is 0.253 e. The van der Waals surface area contributed by atoms with Crippen molar-refractivity contribution < 1.29 is 14.4 Å². The number of amides is 3. The zero-order chi connectivity index (χ0) is 23.4. The highest BCUT2D eigenvalue weighted by atomic mass is 16.2. The van der Waals surface area contributed by atoms with Crippen LogP contribution in [0.15, 0.2) is 66.7 Å². The minimum Gasteiger partial charge on any atom is -0.349 e. The minimum atomic E-state index is -0.730. The Morgan fingerprint density at radius 2 is 1.61 bits per heavy atom. The molecule has 0 bridgehead atoms. The molecule has 1 aliphatic carbocycles. The van der Waals surface area contributed by atoms with Gasteiger partial charge in [-0.25, -0.2) is 0 Å². The zero-order valence-corrected chi connectivity index (χ0v) is 18.9. The van der Waals surface area contributed by atoms with Gasteiger partial charge in [-0.1, -0.05) is 68.4 Å². The third-order valence-electron chi connectivity index (χ3n) is 5.84. The van der Waals surface area contributed by atoms with Crippen LogP contribution in [0.3, 0.4) is 0 Å². The van der Waals surface area contributed by atoms with Crippen LogP contribution in [0.5, 0.6) is 0 Å². The number of benzene rings is 3. The third kappa shape index (κ3) is 5.58. The molecule has 3 aromatic rings. The lowest BCUT2D eigenvalue weighted by molar-refractivity contribution is -0.127. The molecule has 0 unspecified atom stereocenters. The fourth-order valence-corrected chi connectivity index (χ4v) is 3.87. The summed E-state index contributed by atoms with van der Waals surface area (Å²) in [7, 11) is 0. The molecule has 1 fully saturated rings. The van der Waals surface area contributed by atoms with Crippen LogP contribution in [-0.2, 0) is 16.0 Å². The molecule has 6 nitrogen and oxygen atoms in total. The lowest BCUT2D eigenvalue weighted by Gasteiger charge is -2.22. The Labute approximate surface area is 193 Å². The van der Waals surface area contributed by atoms with Crippen molar-refractivity contribution in [1.82, 2.24) is 10.6 Å². The normalized spacial score (nSPS) is 14.0. The van der Waals surface area contributed by atoms with Gasteiger partial charge in [0.05, 0.1) is 17.7 Å². The lowest BCUT2D eigenvalue weighted by Crippen LogP contribution is -2.47. The van der Waals surface area contributed by atoms with Gasteiger partial charge in [0, 0.05) is 6.04 Å². The maximum Gasteiger partial charge on any atom is 0.253 e. The first kappa shape index (κ1) is 22.5. The van der Waals surface area contributed by atoms with Gasteiger partial charge >= 0.3 is 0 Å². The molecule has 1 aliphatic rings. The van der Waals surface area contributed by atoms with Gasteiger partial charge in [0.1, 0.15) is 6.04 Å². The maximum absolute atomic E-state index is 13.1. The summed E-state index contributed by atoms with van der Waals surface area (Å²) in [6.45, 7) is 3.77. The van der Waals surface area contributed by atoms with Crippen LogP contribution in [0.1, 0.15) is 42.6 Å². The fraction of sp³-hybridized carbons (Fsp3) is 0.296. The van der Waals surface area contributed by atoms with Gasteiger partial charge in [-0.3, -0.25) is 14.4 Å². The highest BCUT2D eigenvalue weighted by molar-refractivity contribution is 6.05. The molecule has 1 atom stereocenters. The first-order chi connectivity index (χ1) is 15.9. The quantitative estimate of drug-likeness (QED) is 0.491. The summed E-state index contributed by atoms with van der Waals surface area (Å²) in [5.74, 6) is -0.897. The Morgan fingerprint density at radius 3 is 2.36 bits per heavy atom. The number of nitrogens with one attached hydrogen (secondary N) is 3. The number of carbonyl (C=O) groups is 3. The molecule has 3 aromatic carbocycles. The second-order valence-electron chi connectivity index (χ2n) is 8.89. The zero-order valence-electron chi connectivity index (χ0n) is 18.9. The third-order valence-corrected chi connectivity index (χ3v) is 5.84. The molecular formula is C27H29N3O3. The molecule has 3 N–H and O–H groups in total. The van der Waals surface area contributed by atoms with Gasteiger partial charge < -0.3 is 16.0 Å². The number of anilines is 1. The first-order valence-corrected chi connectivity index (χ1v) is 11.4. The van der Waals surface area contributed by atoms with Gasteiger partial charge in [-0.15, -0.1) is 0 Å². The van der Waals surface area contributed by atoms with Crippen molar-refractivity contribution in [3.8, 4) is 0 Å². The van der Waals surface area contributed by atoms with E-state index in [1.807, 2.05) is 56.3 Å². The van der Waals surface area contributed by atoms with Crippen LogP contribution in [-0.4, -0.2) is 29.8 Å².